The zero-order valence-electron chi connectivity index (χ0n) is 15.6. The van der Waals surface area contributed by atoms with E-state index in [1.807, 2.05) is 24.3 Å². The molecule has 1 aliphatic heterocycles. The van der Waals surface area contributed by atoms with E-state index in [-0.39, 0.29) is 15.7 Å². The van der Waals surface area contributed by atoms with Gasteiger partial charge in [-0.05, 0) is 30.4 Å². The zero-order chi connectivity index (χ0) is 19.4. The topological polar surface area (TPSA) is 66.9 Å². The van der Waals surface area contributed by atoms with E-state index in [0.29, 0.717) is 25.4 Å². The lowest BCUT2D eigenvalue weighted by molar-refractivity contribution is 0.0785. The predicted octanol–water partition coefficient (Wildman–Crippen LogP) is 3.20. The third kappa shape index (κ3) is 4.17. The number of carbonyl (C=O) groups excluding carboxylic acids is 1. The highest BCUT2D eigenvalue weighted by atomic mass is 32.2. The van der Waals surface area contributed by atoms with Gasteiger partial charge in [0.15, 0.2) is 0 Å². The zero-order valence-corrected chi connectivity index (χ0v) is 17.2. The van der Waals surface area contributed by atoms with Crippen molar-refractivity contribution in [3.63, 3.8) is 0 Å². The molecular weight excluding hydrogens is 384 g/mol. The molecule has 0 bridgehead atoms. The van der Waals surface area contributed by atoms with Gasteiger partial charge in [0.05, 0.1) is 7.11 Å². The summed E-state index contributed by atoms with van der Waals surface area (Å²) in [7, 11) is -0.383. The van der Waals surface area contributed by atoms with Crippen molar-refractivity contribution in [2.75, 3.05) is 27.2 Å². The lowest BCUT2D eigenvalue weighted by Crippen LogP contribution is -2.36. The molecule has 27 heavy (non-hydrogen) atoms. The lowest BCUT2D eigenvalue weighted by Gasteiger charge is -2.26. The first kappa shape index (κ1) is 19.9. The molecule has 0 N–H and O–H groups in total. The standard InChI is InChI=1S/C19H24N2O4S2/c1-20(14-15-8-4-5-9-16(15)25-2)19(22)18-17(10-13-26-18)27(23,24)21-11-6-3-7-12-21/h4-5,8-10,13H,3,6-7,11-12,14H2,1-2H3. The largest absolute Gasteiger partial charge is 0.496 e. The van der Waals surface area contributed by atoms with Gasteiger partial charge in [0.1, 0.15) is 15.5 Å². The van der Waals surface area contributed by atoms with Crippen molar-refractivity contribution in [3.8, 4) is 5.75 Å². The number of piperidine rings is 1. The summed E-state index contributed by atoms with van der Waals surface area (Å²) < 4.78 is 32.8. The number of sulfonamides is 1. The Balaban J connectivity index is 1.83. The molecule has 8 heteroatoms. The minimum atomic E-state index is -3.64. The highest BCUT2D eigenvalue weighted by Gasteiger charge is 2.32. The van der Waals surface area contributed by atoms with Crippen LogP contribution >= 0.6 is 11.3 Å². The van der Waals surface area contributed by atoms with E-state index in [9.17, 15) is 13.2 Å². The van der Waals surface area contributed by atoms with Crippen molar-refractivity contribution in [3.05, 3.63) is 46.2 Å². The molecular formula is C19H24N2O4S2. The third-order valence-corrected chi connectivity index (χ3v) is 7.68. The van der Waals surface area contributed by atoms with Gasteiger partial charge < -0.3 is 9.64 Å². The Morgan fingerprint density at radius 3 is 2.59 bits per heavy atom. The third-order valence-electron chi connectivity index (χ3n) is 4.70. The van der Waals surface area contributed by atoms with Crippen LogP contribution in [-0.2, 0) is 16.6 Å². The average Bonchev–Trinajstić information content (AvgIpc) is 3.19. The smallest absolute Gasteiger partial charge is 0.265 e. The van der Waals surface area contributed by atoms with E-state index in [2.05, 4.69) is 0 Å². The summed E-state index contributed by atoms with van der Waals surface area (Å²) in [6.07, 6.45) is 2.77. The Labute approximate surface area is 164 Å². The van der Waals surface area contributed by atoms with Crippen LogP contribution in [0.1, 0.15) is 34.5 Å². The summed E-state index contributed by atoms with van der Waals surface area (Å²) in [6, 6.07) is 9.02. The molecule has 1 saturated heterocycles. The summed E-state index contributed by atoms with van der Waals surface area (Å²) in [6.45, 7) is 1.37. The molecule has 0 saturated carbocycles. The van der Waals surface area contributed by atoms with E-state index in [4.69, 9.17) is 4.74 Å². The Kier molecular flexibility index (Phi) is 6.18. The number of carbonyl (C=O) groups is 1. The monoisotopic (exact) mass is 408 g/mol. The van der Waals surface area contributed by atoms with E-state index in [1.54, 1.807) is 25.6 Å². The van der Waals surface area contributed by atoms with Gasteiger partial charge in [0, 0.05) is 32.2 Å². The van der Waals surface area contributed by atoms with Gasteiger partial charge in [-0.3, -0.25) is 4.79 Å². The number of hydrogen-bond donors (Lipinski definition) is 0. The maximum atomic E-state index is 13.0. The van der Waals surface area contributed by atoms with E-state index in [0.717, 1.165) is 24.8 Å². The SMILES string of the molecule is COc1ccccc1CN(C)C(=O)c1sccc1S(=O)(=O)N1CCCCC1. The van der Waals surface area contributed by atoms with Crippen molar-refractivity contribution in [1.82, 2.24) is 9.21 Å². The van der Waals surface area contributed by atoms with Crippen LogP contribution in [0.2, 0.25) is 0 Å². The second-order valence-electron chi connectivity index (χ2n) is 6.55. The number of amides is 1. The maximum Gasteiger partial charge on any atom is 0.265 e. The maximum absolute atomic E-state index is 13.0. The van der Waals surface area contributed by atoms with Gasteiger partial charge in [-0.15, -0.1) is 11.3 Å². The molecule has 3 rings (SSSR count). The summed E-state index contributed by atoms with van der Waals surface area (Å²) >= 11 is 1.17. The number of hydrogen-bond acceptors (Lipinski definition) is 5. The number of para-hydroxylation sites is 1. The summed E-state index contributed by atoms with van der Waals surface area (Å²) in [5.74, 6) is 0.399. The first-order chi connectivity index (χ1) is 12.9. The first-order valence-electron chi connectivity index (χ1n) is 8.90. The molecule has 0 unspecified atom stereocenters. The molecule has 146 valence electrons. The van der Waals surface area contributed by atoms with Crippen LogP contribution in [0, 0.1) is 0 Å². The van der Waals surface area contributed by atoms with Crippen molar-refractivity contribution in [2.24, 2.45) is 0 Å². The number of thiophene rings is 1. The molecule has 2 heterocycles. The molecule has 0 atom stereocenters. The number of methoxy groups -OCH3 is 1. The minimum Gasteiger partial charge on any atom is -0.496 e. The first-order valence-corrected chi connectivity index (χ1v) is 11.2. The number of ether oxygens (including phenoxy) is 1. The van der Waals surface area contributed by atoms with Crippen LogP contribution in [0.15, 0.2) is 40.6 Å². The lowest BCUT2D eigenvalue weighted by atomic mass is 10.2. The van der Waals surface area contributed by atoms with Crippen LogP contribution in [0.3, 0.4) is 0 Å². The number of benzene rings is 1. The van der Waals surface area contributed by atoms with Gasteiger partial charge in [-0.25, -0.2) is 8.42 Å². The fraction of sp³-hybridized carbons (Fsp3) is 0.421. The summed E-state index contributed by atoms with van der Waals surface area (Å²) in [5.41, 5.74) is 0.868. The fourth-order valence-electron chi connectivity index (χ4n) is 3.24. The van der Waals surface area contributed by atoms with Crippen molar-refractivity contribution < 1.29 is 17.9 Å². The molecule has 1 aliphatic rings. The van der Waals surface area contributed by atoms with Crippen LogP contribution in [0.4, 0.5) is 0 Å². The van der Waals surface area contributed by atoms with Gasteiger partial charge in [-0.2, -0.15) is 4.31 Å². The fourth-order valence-corrected chi connectivity index (χ4v) is 6.14. The Morgan fingerprint density at radius 2 is 1.89 bits per heavy atom. The van der Waals surface area contributed by atoms with Crippen LogP contribution in [-0.4, -0.2) is 50.8 Å². The highest BCUT2D eigenvalue weighted by Crippen LogP contribution is 2.29. The number of rotatable bonds is 6. The Hall–Kier alpha value is -1.90. The number of nitrogens with zero attached hydrogens (tertiary/aromatic N) is 2. The highest BCUT2D eigenvalue weighted by molar-refractivity contribution is 7.89. The molecule has 1 aromatic carbocycles. The van der Waals surface area contributed by atoms with E-state index >= 15 is 0 Å². The normalized spacial score (nSPS) is 15.5. The van der Waals surface area contributed by atoms with Crippen molar-refractivity contribution in [1.29, 1.82) is 0 Å². The quantitative estimate of drug-likeness (QED) is 0.736. The minimum absolute atomic E-state index is 0.117. The molecule has 1 aromatic heterocycles. The van der Waals surface area contributed by atoms with Gasteiger partial charge in [0.25, 0.3) is 5.91 Å². The van der Waals surface area contributed by atoms with Gasteiger partial charge in [-0.1, -0.05) is 24.6 Å². The summed E-state index contributed by atoms with van der Waals surface area (Å²) in [4.78, 5) is 14.9. The molecule has 0 aliphatic carbocycles. The molecule has 0 spiro atoms. The molecule has 6 nitrogen and oxygen atoms in total. The van der Waals surface area contributed by atoms with Gasteiger partial charge >= 0.3 is 0 Å². The molecule has 2 aromatic rings. The average molecular weight is 409 g/mol. The van der Waals surface area contributed by atoms with E-state index in [1.165, 1.54) is 20.5 Å². The second kappa shape index (κ2) is 8.41. The van der Waals surface area contributed by atoms with Crippen molar-refractivity contribution in [2.45, 2.75) is 30.7 Å². The van der Waals surface area contributed by atoms with Crippen LogP contribution < -0.4 is 4.74 Å². The van der Waals surface area contributed by atoms with Crippen LogP contribution in [0.25, 0.3) is 0 Å². The van der Waals surface area contributed by atoms with Gasteiger partial charge in [0.2, 0.25) is 10.0 Å². The summed E-state index contributed by atoms with van der Waals surface area (Å²) in [5, 5.41) is 1.67. The van der Waals surface area contributed by atoms with Crippen molar-refractivity contribution >= 4 is 27.3 Å². The molecule has 0 radical (unpaired) electrons. The Bertz CT molecular complexity index is 902. The van der Waals surface area contributed by atoms with E-state index < -0.39 is 10.0 Å². The Morgan fingerprint density at radius 1 is 1.19 bits per heavy atom. The predicted molar refractivity (Wildman–Crippen MR) is 106 cm³/mol. The van der Waals surface area contributed by atoms with Crippen LogP contribution in [0.5, 0.6) is 5.75 Å². The molecule has 1 amide bonds. The molecule has 1 fully saturated rings. The second-order valence-corrected chi connectivity index (χ2v) is 9.37.